The maximum atomic E-state index is 13.5. The van der Waals surface area contributed by atoms with Crippen molar-refractivity contribution in [2.45, 2.75) is 18.1 Å². The van der Waals surface area contributed by atoms with Gasteiger partial charge in [-0.25, -0.2) is 13.8 Å². The molecule has 4 rings (SSSR count). The molecular formula is C23H23F2N3O3S. The molecule has 6 nitrogen and oxygen atoms in total. The zero-order valence-corrected chi connectivity index (χ0v) is 18.2. The zero-order chi connectivity index (χ0) is 22.5. The Morgan fingerprint density at radius 2 is 1.84 bits per heavy atom. The van der Waals surface area contributed by atoms with E-state index >= 15 is 0 Å². The lowest BCUT2D eigenvalue weighted by Gasteiger charge is -2.26. The van der Waals surface area contributed by atoms with Crippen LogP contribution in [0.2, 0.25) is 0 Å². The number of para-hydroxylation sites is 1. The Balaban J connectivity index is 1.53. The van der Waals surface area contributed by atoms with Crippen LogP contribution in [-0.2, 0) is 11.3 Å². The molecule has 1 saturated heterocycles. The van der Waals surface area contributed by atoms with Crippen LogP contribution in [0.5, 0.6) is 0 Å². The lowest BCUT2D eigenvalue weighted by Crippen LogP contribution is -2.37. The number of halogens is 2. The normalized spacial score (nSPS) is 14.7. The van der Waals surface area contributed by atoms with Crippen LogP contribution in [0.15, 0.2) is 52.4 Å². The van der Waals surface area contributed by atoms with Gasteiger partial charge in [0, 0.05) is 31.7 Å². The Morgan fingerprint density at radius 3 is 2.62 bits per heavy atom. The number of aromatic nitrogens is 2. The molecule has 0 amide bonds. The van der Waals surface area contributed by atoms with Crippen LogP contribution in [0, 0.1) is 11.6 Å². The summed E-state index contributed by atoms with van der Waals surface area (Å²) in [5.41, 5.74) is 0.489. The number of fused-ring (bicyclic) bond motifs is 1. The number of carbonyl (C=O) groups is 1. The fourth-order valence-corrected chi connectivity index (χ4v) is 4.54. The molecule has 2 heterocycles. The maximum Gasteiger partial charge on any atom is 0.262 e. The van der Waals surface area contributed by atoms with E-state index in [1.807, 2.05) is 0 Å². The van der Waals surface area contributed by atoms with E-state index in [0.29, 0.717) is 35.8 Å². The number of ether oxygens (including phenoxy) is 1. The number of ketones is 1. The number of carbonyl (C=O) groups excluding carboxylic acids is 1. The molecule has 168 valence electrons. The summed E-state index contributed by atoms with van der Waals surface area (Å²) >= 11 is 1.13. The van der Waals surface area contributed by atoms with Crippen molar-refractivity contribution >= 4 is 28.4 Å². The van der Waals surface area contributed by atoms with E-state index in [-0.39, 0.29) is 22.7 Å². The number of nitrogens with zero attached hydrogens (tertiary/aromatic N) is 3. The van der Waals surface area contributed by atoms with E-state index < -0.39 is 11.6 Å². The molecule has 32 heavy (non-hydrogen) atoms. The number of hydrogen-bond donors (Lipinski definition) is 0. The topological polar surface area (TPSA) is 64.4 Å². The monoisotopic (exact) mass is 459 g/mol. The molecule has 1 fully saturated rings. The van der Waals surface area contributed by atoms with Gasteiger partial charge < -0.3 is 4.74 Å². The lowest BCUT2D eigenvalue weighted by molar-refractivity contribution is 0.0368. The Morgan fingerprint density at radius 1 is 1.06 bits per heavy atom. The minimum absolute atomic E-state index is 0.0423. The summed E-state index contributed by atoms with van der Waals surface area (Å²) in [5.74, 6) is -2.47. The number of rotatable bonds is 8. The summed E-state index contributed by atoms with van der Waals surface area (Å²) in [6.07, 6.45) is 0.755. The number of benzene rings is 2. The molecule has 9 heteroatoms. The summed E-state index contributed by atoms with van der Waals surface area (Å²) in [4.78, 5) is 32.5. The SMILES string of the molecule is O=C(CSc1nc2ccccc2c(=O)n1CCCN1CCOCC1)c1ccc(F)c(F)c1. The molecule has 0 radical (unpaired) electrons. The van der Waals surface area contributed by atoms with E-state index in [0.717, 1.165) is 49.9 Å². The van der Waals surface area contributed by atoms with Crippen molar-refractivity contribution in [3.8, 4) is 0 Å². The summed E-state index contributed by atoms with van der Waals surface area (Å²) in [6.45, 7) is 4.47. The van der Waals surface area contributed by atoms with Crippen molar-refractivity contribution in [3.63, 3.8) is 0 Å². The Kier molecular flexibility index (Phi) is 7.29. The zero-order valence-electron chi connectivity index (χ0n) is 17.4. The highest BCUT2D eigenvalue weighted by molar-refractivity contribution is 7.99. The van der Waals surface area contributed by atoms with Gasteiger partial charge in [-0.3, -0.25) is 19.1 Å². The van der Waals surface area contributed by atoms with Gasteiger partial charge in [-0.15, -0.1) is 0 Å². The van der Waals surface area contributed by atoms with Crippen LogP contribution in [-0.4, -0.2) is 58.8 Å². The highest BCUT2D eigenvalue weighted by atomic mass is 32.2. The second-order valence-electron chi connectivity index (χ2n) is 7.52. The number of thioether (sulfide) groups is 1. The predicted molar refractivity (Wildman–Crippen MR) is 119 cm³/mol. The van der Waals surface area contributed by atoms with E-state index in [1.165, 1.54) is 6.07 Å². The number of Topliss-reactive ketones (excluding diaryl/α,β-unsaturated/α-hetero) is 1. The largest absolute Gasteiger partial charge is 0.379 e. The van der Waals surface area contributed by atoms with E-state index in [9.17, 15) is 18.4 Å². The Labute approximate surface area is 188 Å². The summed E-state index contributed by atoms with van der Waals surface area (Å²) in [6, 6.07) is 10.2. The third-order valence-corrected chi connectivity index (χ3v) is 6.34. The van der Waals surface area contributed by atoms with Crippen molar-refractivity contribution < 1.29 is 18.3 Å². The molecule has 0 aliphatic carbocycles. The van der Waals surface area contributed by atoms with Gasteiger partial charge in [-0.1, -0.05) is 23.9 Å². The van der Waals surface area contributed by atoms with Gasteiger partial charge in [0.2, 0.25) is 0 Å². The molecule has 1 aliphatic heterocycles. The minimum atomic E-state index is -1.07. The van der Waals surface area contributed by atoms with Crippen molar-refractivity contribution in [2.24, 2.45) is 0 Å². The highest BCUT2D eigenvalue weighted by Gasteiger charge is 2.16. The van der Waals surface area contributed by atoms with Gasteiger partial charge in [0.25, 0.3) is 5.56 Å². The third-order valence-electron chi connectivity index (χ3n) is 5.36. The van der Waals surface area contributed by atoms with E-state index in [1.54, 1.807) is 28.8 Å². The van der Waals surface area contributed by atoms with Crippen LogP contribution in [0.4, 0.5) is 8.78 Å². The second kappa shape index (κ2) is 10.3. The molecule has 0 spiro atoms. The van der Waals surface area contributed by atoms with Gasteiger partial charge in [0.1, 0.15) is 0 Å². The van der Waals surface area contributed by atoms with Gasteiger partial charge in [-0.2, -0.15) is 0 Å². The summed E-state index contributed by atoms with van der Waals surface area (Å²) < 4.78 is 33.6. The predicted octanol–water partition coefficient (Wildman–Crippen LogP) is 3.37. The van der Waals surface area contributed by atoms with Crippen LogP contribution in [0.3, 0.4) is 0 Å². The molecule has 0 saturated carbocycles. The van der Waals surface area contributed by atoms with Crippen molar-refractivity contribution in [2.75, 3.05) is 38.6 Å². The van der Waals surface area contributed by atoms with Crippen LogP contribution in [0.25, 0.3) is 10.9 Å². The van der Waals surface area contributed by atoms with Crippen LogP contribution in [0.1, 0.15) is 16.8 Å². The first kappa shape index (κ1) is 22.6. The van der Waals surface area contributed by atoms with Gasteiger partial charge in [0.15, 0.2) is 22.6 Å². The van der Waals surface area contributed by atoms with E-state index in [4.69, 9.17) is 4.74 Å². The van der Waals surface area contributed by atoms with Gasteiger partial charge in [-0.05, 0) is 36.8 Å². The van der Waals surface area contributed by atoms with Gasteiger partial charge >= 0.3 is 0 Å². The molecular weight excluding hydrogens is 436 g/mol. The van der Waals surface area contributed by atoms with E-state index in [2.05, 4.69) is 9.88 Å². The molecule has 0 N–H and O–H groups in total. The minimum Gasteiger partial charge on any atom is -0.379 e. The first-order valence-electron chi connectivity index (χ1n) is 10.4. The lowest BCUT2D eigenvalue weighted by atomic mass is 10.1. The van der Waals surface area contributed by atoms with Gasteiger partial charge in [0.05, 0.1) is 29.9 Å². The van der Waals surface area contributed by atoms with Crippen molar-refractivity contribution in [1.29, 1.82) is 0 Å². The number of morpholine rings is 1. The van der Waals surface area contributed by atoms with Crippen molar-refractivity contribution in [1.82, 2.24) is 14.5 Å². The molecule has 3 aromatic rings. The molecule has 2 aromatic carbocycles. The van der Waals surface area contributed by atoms with Crippen molar-refractivity contribution in [3.05, 3.63) is 70.0 Å². The first-order chi connectivity index (χ1) is 15.5. The highest BCUT2D eigenvalue weighted by Crippen LogP contribution is 2.20. The molecule has 0 atom stereocenters. The average molecular weight is 460 g/mol. The Hall–Kier alpha value is -2.62. The summed E-state index contributed by atoms with van der Waals surface area (Å²) in [7, 11) is 0. The maximum absolute atomic E-state index is 13.5. The number of hydrogen-bond acceptors (Lipinski definition) is 6. The fraction of sp³-hybridized carbons (Fsp3) is 0.348. The third kappa shape index (κ3) is 5.23. The average Bonchev–Trinajstić information content (AvgIpc) is 2.81. The molecule has 0 unspecified atom stereocenters. The molecule has 0 bridgehead atoms. The standard InChI is InChI=1S/C23H23F2N3O3S/c24-18-7-6-16(14-19(18)25)21(29)15-32-23-26-20-5-2-1-4-17(20)22(30)28(23)9-3-8-27-10-12-31-13-11-27/h1-2,4-7,14H,3,8-13,15H2. The van der Waals surface area contributed by atoms with Crippen LogP contribution >= 0.6 is 11.8 Å². The first-order valence-corrected chi connectivity index (χ1v) is 11.4. The smallest absolute Gasteiger partial charge is 0.262 e. The summed E-state index contributed by atoms with van der Waals surface area (Å²) in [5, 5.41) is 0.960. The molecule has 1 aromatic heterocycles. The molecule has 1 aliphatic rings. The Bertz CT molecular complexity index is 1180. The quantitative estimate of drug-likeness (QED) is 0.292. The fourth-order valence-electron chi connectivity index (χ4n) is 3.62. The van der Waals surface area contributed by atoms with Crippen LogP contribution < -0.4 is 5.56 Å². The second-order valence-corrected chi connectivity index (χ2v) is 8.46.